The summed E-state index contributed by atoms with van der Waals surface area (Å²) in [5, 5.41) is 13.8. The van der Waals surface area contributed by atoms with Crippen LogP contribution in [0.25, 0.3) is 0 Å². The van der Waals surface area contributed by atoms with Crippen molar-refractivity contribution >= 4 is 34.9 Å². The first kappa shape index (κ1) is 25.5. The summed E-state index contributed by atoms with van der Waals surface area (Å²) >= 11 is 12.2. The van der Waals surface area contributed by atoms with E-state index in [1.54, 1.807) is 19.2 Å². The summed E-state index contributed by atoms with van der Waals surface area (Å²) in [5.41, 5.74) is 7.15. The number of carbonyl (C=O) groups excluding carboxylic acids is 1. The predicted molar refractivity (Wildman–Crippen MR) is 117 cm³/mol. The van der Waals surface area contributed by atoms with Crippen LogP contribution >= 0.6 is 23.2 Å². The fraction of sp³-hybridized carbons (Fsp3) is 0.250. The average molecular weight is 502 g/mol. The Kier molecular flexibility index (Phi) is 9.86. The number of hydrogen-bond donors (Lipinski definition) is 3. The number of ether oxygens (including phenoxy) is 2. The summed E-state index contributed by atoms with van der Waals surface area (Å²) in [6.07, 6.45) is 0. The lowest BCUT2D eigenvalue weighted by Crippen LogP contribution is -3.00. The Morgan fingerprint density at radius 1 is 1.16 bits per heavy atom. The second-order valence-electron chi connectivity index (χ2n) is 6.40. The summed E-state index contributed by atoms with van der Waals surface area (Å²) < 4.78 is 15.9. The van der Waals surface area contributed by atoms with Crippen molar-refractivity contribution in [2.24, 2.45) is 0 Å². The first-order chi connectivity index (χ1) is 15.0. The first-order valence-corrected chi connectivity index (χ1v) is 10.0. The minimum Gasteiger partial charge on any atom is -1.00 e. The summed E-state index contributed by atoms with van der Waals surface area (Å²) in [5.74, 6) is 0.705. The molecular weight excluding hydrogens is 481 g/mol. The van der Waals surface area contributed by atoms with Gasteiger partial charge >= 0.3 is 0 Å². The molecule has 3 rings (SSSR count). The zero-order chi connectivity index (χ0) is 22.2. The van der Waals surface area contributed by atoms with E-state index < -0.39 is 5.91 Å². The number of aromatic nitrogens is 2. The van der Waals surface area contributed by atoms with E-state index in [0.717, 1.165) is 11.1 Å². The maximum atomic E-state index is 11.9. The Morgan fingerprint density at radius 2 is 1.97 bits per heavy atom. The lowest BCUT2D eigenvalue weighted by molar-refractivity contribution is -0.0000155. The Hall–Kier alpha value is -2.72. The molecule has 0 saturated heterocycles. The van der Waals surface area contributed by atoms with Gasteiger partial charge in [-0.1, -0.05) is 41.4 Å². The second kappa shape index (κ2) is 12.4. The molecule has 3 aromatic rings. The fourth-order valence-electron chi connectivity index (χ4n) is 2.74. The molecule has 0 fully saturated rings. The Labute approximate surface area is 200 Å². The van der Waals surface area contributed by atoms with Crippen molar-refractivity contribution in [3.8, 4) is 11.5 Å². The highest BCUT2D eigenvalue weighted by molar-refractivity contribution is 6.35. The van der Waals surface area contributed by atoms with Crippen molar-refractivity contribution in [3.05, 3.63) is 63.3 Å². The minimum absolute atomic E-state index is 0. The maximum Gasteiger partial charge on any atom is 0.277 e. The van der Waals surface area contributed by atoms with Crippen LogP contribution in [-0.4, -0.2) is 36.4 Å². The van der Waals surface area contributed by atoms with E-state index in [9.17, 15) is 4.79 Å². The third-order valence-electron chi connectivity index (χ3n) is 4.30. The largest absolute Gasteiger partial charge is 1.00 e. The summed E-state index contributed by atoms with van der Waals surface area (Å²) in [6.45, 7) is 1.60. The lowest BCUT2D eigenvalue weighted by Gasteiger charge is -2.16. The molecule has 32 heavy (non-hydrogen) atoms. The maximum absolute atomic E-state index is 11.9. The normalized spacial score (nSPS) is 10.3. The topological polar surface area (TPSA) is 125 Å². The molecule has 172 valence electrons. The van der Waals surface area contributed by atoms with Crippen LogP contribution in [-0.2, 0) is 13.2 Å². The Morgan fingerprint density at radius 3 is 2.66 bits per heavy atom. The van der Waals surface area contributed by atoms with Crippen molar-refractivity contribution in [1.82, 2.24) is 20.9 Å². The van der Waals surface area contributed by atoms with Gasteiger partial charge in [0.1, 0.15) is 6.61 Å². The monoisotopic (exact) mass is 500 g/mol. The number of nitrogens with one attached hydrogen (secondary N) is 2. The number of anilines is 1. The number of rotatable bonds is 10. The Balaban J connectivity index is 0.00000363. The molecule has 1 aromatic heterocycles. The third-order valence-corrected chi connectivity index (χ3v) is 4.89. The first-order valence-electron chi connectivity index (χ1n) is 9.29. The highest BCUT2D eigenvalue weighted by Crippen LogP contribution is 2.32. The smallest absolute Gasteiger partial charge is 0.277 e. The van der Waals surface area contributed by atoms with Crippen LogP contribution in [0.5, 0.6) is 11.5 Å². The van der Waals surface area contributed by atoms with Crippen molar-refractivity contribution < 1.29 is 31.3 Å². The molecule has 0 atom stereocenters. The molecule has 1 heterocycles. The number of nitrogen functional groups attached to an aromatic ring is 1. The van der Waals surface area contributed by atoms with Crippen molar-refractivity contribution in [2.45, 2.75) is 13.2 Å². The number of nitrogens with zero attached hydrogens (tertiary/aromatic N) is 2. The molecule has 0 aliphatic heterocycles. The molecule has 1 amide bonds. The second-order valence-corrected chi connectivity index (χ2v) is 7.25. The van der Waals surface area contributed by atoms with Crippen LogP contribution < -0.4 is 38.2 Å². The Bertz CT molecular complexity index is 1050. The molecule has 0 aliphatic rings. The number of methoxy groups -OCH3 is 1. The number of para-hydroxylation sites is 1. The molecule has 0 radical (unpaired) electrons. The van der Waals surface area contributed by atoms with Crippen LogP contribution in [0.15, 0.2) is 41.0 Å². The van der Waals surface area contributed by atoms with E-state index >= 15 is 0 Å². The molecule has 2 aromatic carbocycles. The van der Waals surface area contributed by atoms with E-state index in [2.05, 4.69) is 25.6 Å². The molecule has 4 N–H and O–H groups in total. The number of nitrogens with two attached hydrogens (primary N) is 1. The molecule has 0 bridgehead atoms. The summed E-state index contributed by atoms with van der Waals surface area (Å²) in [7, 11) is 1.58. The SMILES string of the molecule is COc1cccc(CNCCNC(=O)c2nonc2N)c1OCc1ccc(Cl)cc1Cl.[Cl-]. The molecule has 0 saturated carbocycles. The minimum atomic E-state index is -0.453. The van der Waals surface area contributed by atoms with Gasteiger partial charge in [0.2, 0.25) is 11.5 Å². The van der Waals surface area contributed by atoms with Gasteiger partial charge < -0.3 is 38.2 Å². The number of hydrogen-bond acceptors (Lipinski definition) is 8. The van der Waals surface area contributed by atoms with Gasteiger partial charge in [0.15, 0.2) is 11.5 Å². The highest BCUT2D eigenvalue weighted by atomic mass is 35.5. The highest BCUT2D eigenvalue weighted by Gasteiger charge is 2.15. The number of halogens is 3. The van der Waals surface area contributed by atoms with Crippen LogP contribution in [0, 0.1) is 0 Å². The number of carbonyl (C=O) groups is 1. The number of amides is 1. The molecule has 0 unspecified atom stereocenters. The third kappa shape index (κ3) is 6.64. The predicted octanol–water partition coefficient (Wildman–Crippen LogP) is 0.0698. The summed E-state index contributed by atoms with van der Waals surface area (Å²) in [4.78, 5) is 11.9. The van der Waals surface area contributed by atoms with Crippen LogP contribution in [0.2, 0.25) is 10.0 Å². The molecular formula is C20H21Cl3N5O4-. The van der Waals surface area contributed by atoms with Crippen LogP contribution in [0.3, 0.4) is 0 Å². The average Bonchev–Trinajstić information content (AvgIpc) is 3.19. The quantitative estimate of drug-likeness (QED) is 0.333. The molecule has 0 aliphatic carbocycles. The number of benzene rings is 2. The molecule has 9 nitrogen and oxygen atoms in total. The van der Waals surface area contributed by atoms with Gasteiger partial charge in [-0.05, 0) is 28.5 Å². The van der Waals surface area contributed by atoms with Gasteiger partial charge in [-0.3, -0.25) is 4.79 Å². The van der Waals surface area contributed by atoms with E-state index in [1.165, 1.54) is 0 Å². The van der Waals surface area contributed by atoms with Crippen LogP contribution in [0.1, 0.15) is 21.6 Å². The van der Waals surface area contributed by atoms with E-state index in [0.29, 0.717) is 41.2 Å². The zero-order valence-electron chi connectivity index (χ0n) is 17.0. The van der Waals surface area contributed by atoms with E-state index in [-0.39, 0.29) is 30.5 Å². The van der Waals surface area contributed by atoms with Gasteiger partial charge in [-0.2, -0.15) is 0 Å². The standard InChI is InChI=1S/C20H21Cl2N5O4.ClH/c1-29-16-4-2-3-12(18(16)30-11-13-5-6-14(21)9-15(13)22)10-24-7-8-25-20(28)17-19(23)27-31-26-17;/h2-6,9,24H,7-8,10-11H2,1H3,(H2,23,27)(H,25,28);1H/p-1. The zero-order valence-corrected chi connectivity index (χ0v) is 19.3. The van der Waals surface area contributed by atoms with Gasteiger partial charge in [0, 0.05) is 40.8 Å². The molecule has 0 spiro atoms. The summed E-state index contributed by atoms with van der Waals surface area (Å²) in [6, 6.07) is 10.9. The molecule has 12 heteroatoms. The van der Waals surface area contributed by atoms with E-state index in [1.807, 2.05) is 24.3 Å². The van der Waals surface area contributed by atoms with Gasteiger partial charge in [0.25, 0.3) is 5.91 Å². The van der Waals surface area contributed by atoms with Crippen LogP contribution in [0.4, 0.5) is 5.82 Å². The van der Waals surface area contributed by atoms with Gasteiger partial charge in [-0.25, -0.2) is 4.63 Å². The van der Waals surface area contributed by atoms with Crippen molar-refractivity contribution in [3.63, 3.8) is 0 Å². The van der Waals surface area contributed by atoms with Gasteiger partial charge in [0.05, 0.1) is 7.11 Å². The fourth-order valence-corrected chi connectivity index (χ4v) is 3.20. The van der Waals surface area contributed by atoms with Crippen molar-refractivity contribution in [2.75, 3.05) is 25.9 Å². The van der Waals surface area contributed by atoms with Gasteiger partial charge in [-0.15, -0.1) is 0 Å². The lowest BCUT2D eigenvalue weighted by atomic mass is 10.1. The van der Waals surface area contributed by atoms with Crippen molar-refractivity contribution in [1.29, 1.82) is 0 Å². The van der Waals surface area contributed by atoms with E-state index in [4.69, 9.17) is 38.4 Å².